The van der Waals surface area contributed by atoms with Crippen molar-refractivity contribution in [3.63, 3.8) is 0 Å². The second-order valence-corrected chi connectivity index (χ2v) is 8.54. The number of methoxy groups -OCH3 is 1. The van der Waals surface area contributed by atoms with Crippen LogP contribution in [0.1, 0.15) is 73.5 Å². The first-order valence-corrected chi connectivity index (χ1v) is 9.02. The zero-order valence-electron chi connectivity index (χ0n) is 15.5. The molecule has 1 aromatic heterocycles. The van der Waals surface area contributed by atoms with E-state index in [9.17, 15) is 4.79 Å². The summed E-state index contributed by atoms with van der Waals surface area (Å²) in [7, 11) is 1.70. The number of rotatable bonds is 4. The minimum absolute atomic E-state index is 0.131. The molecule has 1 aromatic carbocycles. The monoisotopic (exact) mass is 360 g/mol. The summed E-state index contributed by atoms with van der Waals surface area (Å²) in [4.78, 5) is 11.2. The van der Waals surface area contributed by atoms with Crippen molar-refractivity contribution >= 4 is 16.8 Å². The lowest BCUT2D eigenvalue weighted by molar-refractivity contribution is 0.105. The van der Waals surface area contributed by atoms with Gasteiger partial charge in [0.2, 0.25) is 0 Å². The molecule has 1 heterocycles. The highest BCUT2D eigenvalue weighted by atomic mass is 35.5. The number of ether oxygens (including phenoxy) is 1. The van der Waals surface area contributed by atoms with E-state index in [-0.39, 0.29) is 16.6 Å². The van der Waals surface area contributed by atoms with Crippen LogP contribution in [0.5, 0.6) is 5.75 Å². The summed E-state index contributed by atoms with van der Waals surface area (Å²) in [5, 5.41) is -0.577. The summed E-state index contributed by atoms with van der Waals surface area (Å²) < 4.78 is 11.2. The van der Waals surface area contributed by atoms with Crippen LogP contribution in [0.2, 0.25) is 0 Å². The zero-order chi connectivity index (χ0) is 18.4. The normalized spacial score (nSPS) is 17.8. The van der Waals surface area contributed by atoms with Crippen LogP contribution in [0.25, 0.3) is 0 Å². The van der Waals surface area contributed by atoms with Crippen LogP contribution < -0.4 is 4.74 Å². The van der Waals surface area contributed by atoms with Gasteiger partial charge in [-0.15, -0.1) is 0 Å². The third-order valence-corrected chi connectivity index (χ3v) is 5.66. The minimum atomic E-state index is -0.577. The van der Waals surface area contributed by atoms with Gasteiger partial charge in [0, 0.05) is 12.0 Å². The van der Waals surface area contributed by atoms with E-state index in [0.717, 1.165) is 24.2 Å². The second-order valence-electron chi connectivity index (χ2n) is 8.19. The molecule has 0 atom stereocenters. The Labute approximate surface area is 154 Å². The Kier molecular flexibility index (Phi) is 4.48. The van der Waals surface area contributed by atoms with Crippen LogP contribution in [0.3, 0.4) is 0 Å². The van der Waals surface area contributed by atoms with Gasteiger partial charge in [0.05, 0.1) is 7.11 Å². The van der Waals surface area contributed by atoms with Gasteiger partial charge in [-0.25, -0.2) is 0 Å². The highest BCUT2D eigenvalue weighted by Gasteiger charge is 2.37. The number of carbonyl (C=O) groups is 1. The van der Waals surface area contributed by atoms with Crippen LogP contribution in [0.4, 0.5) is 0 Å². The lowest BCUT2D eigenvalue weighted by atomic mass is 9.63. The van der Waals surface area contributed by atoms with E-state index in [2.05, 4.69) is 39.8 Å². The van der Waals surface area contributed by atoms with Gasteiger partial charge in [0.1, 0.15) is 11.5 Å². The van der Waals surface area contributed by atoms with Gasteiger partial charge in [-0.3, -0.25) is 4.79 Å². The minimum Gasteiger partial charge on any atom is -0.496 e. The van der Waals surface area contributed by atoms with Gasteiger partial charge in [-0.1, -0.05) is 33.8 Å². The van der Waals surface area contributed by atoms with Gasteiger partial charge >= 0.3 is 0 Å². The number of carbonyl (C=O) groups excluding carboxylic acids is 1. The van der Waals surface area contributed by atoms with E-state index in [1.54, 1.807) is 19.2 Å². The summed E-state index contributed by atoms with van der Waals surface area (Å²) in [6.07, 6.45) is 2.89. The molecule has 0 unspecified atom stereocenters. The second kappa shape index (κ2) is 6.21. The highest BCUT2D eigenvalue weighted by Crippen LogP contribution is 2.47. The maximum Gasteiger partial charge on any atom is 0.287 e. The van der Waals surface area contributed by atoms with Gasteiger partial charge in [-0.2, -0.15) is 0 Å². The van der Waals surface area contributed by atoms with E-state index < -0.39 is 5.24 Å². The van der Waals surface area contributed by atoms with Crippen molar-refractivity contribution < 1.29 is 13.9 Å². The molecule has 0 fully saturated rings. The van der Waals surface area contributed by atoms with Gasteiger partial charge < -0.3 is 9.15 Å². The quantitative estimate of drug-likeness (QED) is 0.665. The number of hydrogen-bond acceptors (Lipinski definition) is 3. The van der Waals surface area contributed by atoms with Gasteiger partial charge in [-0.05, 0) is 64.6 Å². The summed E-state index contributed by atoms with van der Waals surface area (Å²) in [5.41, 5.74) is 4.07. The van der Waals surface area contributed by atoms with Gasteiger partial charge in [0.25, 0.3) is 5.24 Å². The van der Waals surface area contributed by atoms with Crippen molar-refractivity contribution in [2.45, 2.75) is 57.8 Å². The molecule has 0 spiro atoms. The molecule has 0 bridgehead atoms. The molecule has 0 radical (unpaired) electrons. The molecule has 0 amide bonds. The largest absolute Gasteiger partial charge is 0.496 e. The standard InChI is InChI=1S/C21H25ClO3/c1-20(2)8-9-21(3,4)16-12-18(24-5)13(11-15(16)20)10-14-6-7-17(25-14)19(22)23/h6-7,11-12H,8-10H2,1-5H3. The van der Waals surface area contributed by atoms with Crippen molar-refractivity contribution in [3.8, 4) is 5.75 Å². The lowest BCUT2D eigenvalue weighted by Crippen LogP contribution is -2.34. The van der Waals surface area contributed by atoms with E-state index in [0.29, 0.717) is 12.2 Å². The fraction of sp³-hybridized carbons (Fsp3) is 0.476. The van der Waals surface area contributed by atoms with Crippen molar-refractivity contribution in [1.29, 1.82) is 0 Å². The van der Waals surface area contributed by atoms with Crippen LogP contribution in [-0.2, 0) is 17.3 Å². The average molecular weight is 361 g/mol. The Morgan fingerprint density at radius 1 is 1.12 bits per heavy atom. The molecule has 4 heteroatoms. The number of furan rings is 1. The Balaban J connectivity index is 2.06. The van der Waals surface area contributed by atoms with Crippen molar-refractivity contribution in [3.05, 3.63) is 52.5 Å². The third-order valence-electron chi connectivity index (χ3n) is 5.47. The molecular weight excluding hydrogens is 336 g/mol. The maximum absolute atomic E-state index is 11.2. The molecular formula is C21H25ClO3. The fourth-order valence-electron chi connectivity index (χ4n) is 3.73. The molecule has 25 heavy (non-hydrogen) atoms. The summed E-state index contributed by atoms with van der Waals surface area (Å²) >= 11 is 5.48. The first-order valence-electron chi connectivity index (χ1n) is 8.64. The summed E-state index contributed by atoms with van der Waals surface area (Å²) in [5.74, 6) is 1.74. The smallest absolute Gasteiger partial charge is 0.287 e. The first-order chi connectivity index (χ1) is 11.6. The topological polar surface area (TPSA) is 39.4 Å². The van der Waals surface area contributed by atoms with E-state index in [4.69, 9.17) is 20.8 Å². The molecule has 3 nitrogen and oxygen atoms in total. The zero-order valence-corrected chi connectivity index (χ0v) is 16.3. The average Bonchev–Trinajstić information content (AvgIpc) is 3.00. The van der Waals surface area contributed by atoms with Crippen molar-refractivity contribution in [2.24, 2.45) is 0 Å². The maximum atomic E-state index is 11.2. The molecule has 134 valence electrons. The molecule has 1 aliphatic carbocycles. The third kappa shape index (κ3) is 3.35. The summed E-state index contributed by atoms with van der Waals surface area (Å²) in [6.45, 7) is 9.19. The Bertz CT molecular complexity index is 815. The van der Waals surface area contributed by atoms with Crippen LogP contribution >= 0.6 is 11.6 Å². The molecule has 0 saturated carbocycles. The van der Waals surface area contributed by atoms with E-state index in [1.165, 1.54) is 11.1 Å². The molecule has 3 rings (SSSR count). The molecule has 0 saturated heterocycles. The first kappa shape index (κ1) is 18.1. The van der Waals surface area contributed by atoms with Crippen molar-refractivity contribution in [1.82, 2.24) is 0 Å². The Morgan fingerprint density at radius 3 is 2.24 bits per heavy atom. The Morgan fingerprint density at radius 2 is 1.72 bits per heavy atom. The number of fused-ring (bicyclic) bond motifs is 1. The van der Waals surface area contributed by atoms with Gasteiger partial charge in [0.15, 0.2) is 5.76 Å². The number of hydrogen-bond donors (Lipinski definition) is 0. The SMILES string of the molecule is COc1cc2c(cc1Cc1ccc(C(=O)Cl)o1)C(C)(C)CCC2(C)C. The number of halogens is 1. The highest BCUT2D eigenvalue weighted by molar-refractivity contribution is 6.67. The van der Waals surface area contributed by atoms with Crippen LogP contribution in [-0.4, -0.2) is 12.4 Å². The molecule has 1 aliphatic rings. The summed E-state index contributed by atoms with van der Waals surface area (Å²) in [6, 6.07) is 7.84. The van der Waals surface area contributed by atoms with E-state index in [1.807, 2.05) is 0 Å². The molecule has 2 aromatic rings. The van der Waals surface area contributed by atoms with Crippen LogP contribution in [0.15, 0.2) is 28.7 Å². The number of benzene rings is 1. The predicted molar refractivity (Wildman–Crippen MR) is 100.0 cm³/mol. The predicted octanol–water partition coefficient (Wildman–Crippen LogP) is 5.61. The van der Waals surface area contributed by atoms with E-state index >= 15 is 0 Å². The Hall–Kier alpha value is -1.74. The molecule has 0 N–H and O–H groups in total. The van der Waals surface area contributed by atoms with Crippen molar-refractivity contribution in [2.75, 3.05) is 7.11 Å². The lowest BCUT2D eigenvalue weighted by Gasteiger charge is -2.42. The molecule has 0 aliphatic heterocycles. The fourth-order valence-corrected chi connectivity index (χ4v) is 3.83. The van der Waals surface area contributed by atoms with Crippen LogP contribution in [0, 0.1) is 0 Å².